The van der Waals surface area contributed by atoms with Crippen LogP contribution in [0.4, 0.5) is 5.82 Å². The van der Waals surface area contributed by atoms with E-state index in [-0.39, 0.29) is 23.4 Å². The van der Waals surface area contributed by atoms with Crippen molar-refractivity contribution in [1.82, 2.24) is 24.5 Å². The third-order valence-electron chi connectivity index (χ3n) is 7.67. The fraction of sp³-hybridized carbons (Fsp3) is 0.607. The van der Waals surface area contributed by atoms with Crippen LogP contribution in [-0.4, -0.2) is 78.0 Å². The third kappa shape index (κ3) is 7.09. The van der Waals surface area contributed by atoms with Gasteiger partial charge in [0.2, 0.25) is 10.0 Å². The molecule has 2 aromatic rings. The Hall–Kier alpha value is -2.56. The zero-order valence-corrected chi connectivity index (χ0v) is 24.1. The number of sulfonamides is 1. The zero-order valence-electron chi connectivity index (χ0n) is 23.3. The highest BCUT2D eigenvalue weighted by Crippen LogP contribution is 2.24. The summed E-state index contributed by atoms with van der Waals surface area (Å²) in [6.45, 7) is 11.5. The Labute approximate surface area is 227 Å². The number of carbonyl (C=O) groups excluding carboxylic acids is 1. The topological polar surface area (TPSA) is 108 Å². The van der Waals surface area contributed by atoms with Gasteiger partial charge in [0, 0.05) is 50.4 Å². The number of nitrogens with zero attached hydrogens (tertiary/aromatic N) is 4. The maximum absolute atomic E-state index is 13.3. The third-order valence-corrected chi connectivity index (χ3v) is 8.94. The molecule has 2 fully saturated rings. The molecular weight excluding hydrogens is 500 g/mol. The summed E-state index contributed by atoms with van der Waals surface area (Å²) >= 11 is 0. The molecule has 1 amide bonds. The largest absolute Gasteiger partial charge is 0.366 e. The maximum atomic E-state index is 13.3. The number of aromatic nitrogens is 2. The number of hydrogen-bond acceptors (Lipinski definition) is 7. The molecule has 2 N–H and O–H groups in total. The Morgan fingerprint density at radius 3 is 2.34 bits per heavy atom. The number of rotatable bonds is 7. The normalized spacial score (nSPS) is 19.9. The van der Waals surface area contributed by atoms with E-state index in [9.17, 15) is 13.2 Å². The molecule has 3 heterocycles. The van der Waals surface area contributed by atoms with Crippen LogP contribution in [0.25, 0.3) is 0 Å². The van der Waals surface area contributed by atoms with Gasteiger partial charge in [-0.05, 0) is 49.1 Å². The second-order valence-electron chi connectivity index (χ2n) is 11.7. The van der Waals surface area contributed by atoms with Crippen LogP contribution in [-0.2, 0) is 22.0 Å². The highest BCUT2D eigenvalue weighted by Gasteiger charge is 2.30. The summed E-state index contributed by atoms with van der Waals surface area (Å²) in [4.78, 5) is 23.9. The molecule has 0 spiro atoms. The highest BCUT2D eigenvalue weighted by molar-refractivity contribution is 7.88. The number of likely N-dealkylation sites (tertiary alicyclic amines) is 1. The molecule has 10 heteroatoms. The van der Waals surface area contributed by atoms with Gasteiger partial charge in [0.05, 0.1) is 6.26 Å². The van der Waals surface area contributed by atoms with E-state index < -0.39 is 10.0 Å². The van der Waals surface area contributed by atoms with Crippen LogP contribution in [0.15, 0.2) is 30.6 Å². The standard InChI is InChI=1S/C28H42N6O3S/c1-20-25(30-19-31-26(20)29-17-21-8-10-22(11-9-21)28(2,3)4)27(35)33-15-12-23(13-16-33)32-24-7-6-14-34(18-24)38(5,36)37/h8-11,19,23-24,32H,6-7,12-18H2,1-5H3,(H,29,30,31). The number of anilines is 1. The van der Waals surface area contributed by atoms with Crippen molar-refractivity contribution in [2.75, 3.05) is 37.8 Å². The van der Waals surface area contributed by atoms with E-state index >= 15 is 0 Å². The first kappa shape index (κ1) is 28.4. The van der Waals surface area contributed by atoms with Gasteiger partial charge in [-0.3, -0.25) is 4.79 Å². The Kier molecular flexibility index (Phi) is 8.74. The molecule has 1 aromatic carbocycles. The SMILES string of the molecule is Cc1c(NCc2ccc(C(C)(C)C)cc2)ncnc1C(=O)N1CCC(NC2CCCN(S(C)(=O)=O)C2)CC1. The summed E-state index contributed by atoms with van der Waals surface area (Å²) in [5.41, 5.74) is 3.75. The first-order valence-corrected chi connectivity index (χ1v) is 15.4. The van der Waals surface area contributed by atoms with Gasteiger partial charge in [-0.2, -0.15) is 0 Å². The van der Waals surface area contributed by atoms with Gasteiger partial charge in [0.25, 0.3) is 5.91 Å². The Morgan fingerprint density at radius 1 is 1.03 bits per heavy atom. The second kappa shape index (κ2) is 11.7. The Morgan fingerprint density at radius 2 is 1.71 bits per heavy atom. The molecule has 1 atom stereocenters. The first-order chi connectivity index (χ1) is 17.9. The van der Waals surface area contributed by atoms with Crippen molar-refractivity contribution in [2.24, 2.45) is 0 Å². The molecule has 38 heavy (non-hydrogen) atoms. The number of nitrogens with one attached hydrogen (secondary N) is 2. The van der Waals surface area contributed by atoms with Gasteiger partial charge < -0.3 is 15.5 Å². The molecule has 2 aliphatic rings. The lowest BCUT2D eigenvalue weighted by Crippen LogP contribution is -2.53. The predicted molar refractivity (Wildman–Crippen MR) is 151 cm³/mol. The van der Waals surface area contributed by atoms with Crippen LogP contribution in [0.5, 0.6) is 0 Å². The number of piperidine rings is 2. The Bertz CT molecular complexity index is 1220. The second-order valence-corrected chi connectivity index (χ2v) is 13.7. The van der Waals surface area contributed by atoms with Crippen LogP contribution in [0.3, 0.4) is 0 Å². The molecule has 1 unspecified atom stereocenters. The molecule has 0 bridgehead atoms. The molecule has 0 saturated carbocycles. The lowest BCUT2D eigenvalue weighted by molar-refractivity contribution is 0.0691. The van der Waals surface area contributed by atoms with Crippen molar-refractivity contribution >= 4 is 21.7 Å². The van der Waals surface area contributed by atoms with E-state index in [2.05, 4.69) is 65.6 Å². The number of benzene rings is 1. The van der Waals surface area contributed by atoms with Gasteiger partial charge >= 0.3 is 0 Å². The van der Waals surface area contributed by atoms with Crippen molar-refractivity contribution in [3.63, 3.8) is 0 Å². The van der Waals surface area contributed by atoms with E-state index in [1.807, 2.05) is 11.8 Å². The predicted octanol–water partition coefficient (Wildman–Crippen LogP) is 3.31. The molecular formula is C28H42N6O3S. The summed E-state index contributed by atoms with van der Waals surface area (Å²) in [6.07, 6.45) is 6.24. The van der Waals surface area contributed by atoms with Crippen LogP contribution in [0.1, 0.15) is 73.6 Å². The van der Waals surface area contributed by atoms with Crippen molar-refractivity contribution in [3.05, 3.63) is 53.0 Å². The fourth-order valence-electron chi connectivity index (χ4n) is 5.26. The monoisotopic (exact) mass is 542 g/mol. The van der Waals surface area contributed by atoms with E-state index in [4.69, 9.17) is 0 Å². The molecule has 208 valence electrons. The summed E-state index contributed by atoms with van der Waals surface area (Å²) in [6, 6.07) is 9.01. The minimum absolute atomic E-state index is 0.0677. The highest BCUT2D eigenvalue weighted by atomic mass is 32.2. The maximum Gasteiger partial charge on any atom is 0.272 e. The fourth-order valence-corrected chi connectivity index (χ4v) is 6.18. The number of amides is 1. The summed E-state index contributed by atoms with van der Waals surface area (Å²) in [5, 5.41) is 7.02. The van der Waals surface area contributed by atoms with Crippen LogP contribution in [0.2, 0.25) is 0 Å². The minimum Gasteiger partial charge on any atom is -0.366 e. The van der Waals surface area contributed by atoms with Gasteiger partial charge in [-0.1, -0.05) is 45.0 Å². The summed E-state index contributed by atoms with van der Waals surface area (Å²) < 4.78 is 25.4. The lowest BCUT2D eigenvalue weighted by Gasteiger charge is -2.37. The zero-order chi connectivity index (χ0) is 27.5. The summed E-state index contributed by atoms with van der Waals surface area (Å²) in [7, 11) is -3.16. The van der Waals surface area contributed by atoms with Crippen molar-refractivity contribution < 1.29 is 13.2 Å². The van der Waals surface area contributed by atoms with Crippen LogP contribution >= 0.6 is 0 Å². The average Bonchev–Trinajstić information content (AvgIpc) is 2.87. The van der Waals surface area contributed by atoms with Crippen LogP contribution in [0, 0.1) is 6.92 Å². The number of carbonyl (C=O) groups is 1. The number of hydrogen-bond donors (Lipinski definition) is 2. The molecule has 2 aliphatic heterocycles. The van der Waals surface area contributed by atoms with Crippen molar-refractivity contribution in [1.29, 1.82) is 0 Å². The first-order valence-electron chi connectivity index (χ1n) is 13.6. The molecule has 4 rings (SSSR count). The van der Waals surface area contributed by atoms with Crippen molar-refractivity contribution in [3.8, 4) is 0 Å². The molecule has 2 saturated heterocycles. The molecule has 0 aliphatic carbocycles. The minimum atomic E-state index is -3.16. The quantitative estimate of drug-likeness (QED) is 0.553. The molecule has 0 radical (unpaired) electrons. The van der Waals surface area contributed by atoms with Gasteiger partial charge in [0.15, 0.2) is 0 Å². The smallest absolute Gasteiger partial charge is 0.272 e. The van der Waals surface area contributed by atoms with Crippen molar-refractivity contribution in [2.45, 2.75) is 77.4 Å². The molecule has 9 nitrogen and oxygen atoms in total. The Balaban J connectivity index is 1.31. The average molecular weight is 543 g/mol. The van der Waals surface area contributed by atoms with E-state index in [1.54, 1.807) is 4.31 Å². The van der Waals surface area contributed by atoms with E-state index in [1.165, 1.54) is 18.1 Å². The van der Waals surface area contributed by atoms with Gasteiger partial charge in [-0.25, -0.2) is 22.7 Å². The lowest BCUT2D eigenvalue weighted by atomic mass is 9.87. The van der Waals surface area contributed by atoms with Gasteiger partial charge in [-0.15, -0.1) is 0 Å². The van der Waals surface area contributed by atoms with E-state index in [0.717, 1.165) is 36.8 Å². The van der Waals surface area contributed by atoms with E-state index in [0.29, 0.717) is 44.2 Å². The summed E-state index contributed by atoms with van der Waals surface area (Å²) in [5.74, 6) is 0.606. The van der Waals surface area contributed by atoms with Crippen LogP contribution < -0.4 is 10.6 Å². The molecule has 1 aromatic heterocycles. The van der Waals surface area contributed by atoms with Gasteiger partial charge in [0.1, 0.15) is 17.8 Å².